The average Bonchev–Trinajstić information content (AvgIpc) is 2.55. The van der Waals surface area contributed by atoms with Crippen LogP contribution in [0.15, 0.2) is 12.1 Å². The van der Waals surface area contributed by atoms with E-state index in [1.54, 1.807) is 0 Å². The van der Waals surface area contributed by atoms with E-state index in [1.807, 2.05) is 0 Å². The van der Waals surface area contributed by atoms with E-state index in [9.17, 15) is 18.0 Å². The smallest absolute Gasteiger partial charge is 0.416 e. The van der Waals surface area contributed by atoms with Crippen molar-refractivity contribution in [2.24, 2.45) is 0 Å². The van der Waals surface area contributed by atoms with Crippen molar-refractivity contribution < 1.29 is 23.1 Å². The van der Waals surface area contributed by atoms with Crippen LogP contribution < -0.4 is 5.32 Å². The van der Waals surface area contributed by atoms with Gasteiger partial charge >= 0.3 is 12.3 Å². The molecule has 0 saturated carbocycles. The minimum Gasteiger partial charge on any atom is -0.465 e. The van der Waals surface area contributed by atoms with E-state index >= 15 is 0 Å². The summed E-state index contributed by atoms with van der Waals surface area (Å²) in [6.07, 6.45) is -5.46. The highest BCUT2D eigenvalue weighted by molar-refractivity contribution is 6.30. The second-order valence-corrected chi connectivity index (χ2v) is 4.58. The molecule has 1 aliphatic rings. The van der Waals surface area contributed by atoms with Crippen molar-refractivity contribution in [1.29, 1.82) is 0 Å². The van der Waals surface area contributed by atoms with Crippen molar-refractivity contribution in [3.8, 4) is 0 Å². The van der Waals surface area contributed by atoms with Gasteiger partial charge in [0.25, 0.3) is 0 Å². The number of benzene rings is 1. The van der Waals surface area contributed by atoms with Crippen LogP contribution in [0.5, 0.6) is 0 Å². The highest BCUT2D eigenvalue weighted by atomic mass is 35.5. The van der Waals surface area contributed by atoms with Crippen LogP contribution in [0.25, 0.3) is 0 Å². The first-order valence-electron chi connectivity index (χ1n) is 5.15. The van der Waals surface area contributed by atoms with Crippen molar-refractivity contribution in [1.82, 2.24) is 5.32 Å². The number of carbonyl (C=O) groups is 1. The zero-order chi connectivity index (χ0) is 13.5. The molecule has 0 aliphatic heterocycles. The third-order valence-electron chi connectivity index (χ3n) is 2.86. The highest BCUT2D eigenvalue weighted by Gasteiger charge is 2.37. The number of nitrogens with one attached hydrogen (secondary N) is 1. The molecule has 0 radical (unpaired) electrons. The Morgan fingerprint density at radius 3 is 2.61 bits per heavy atom. The molecule has 0 heterocycles. The number of halogens is 4. The first kappa shape index (κ1) is 13.0. The van der Waals surface area contributed by atoms with Crippen molar-refractivity contribution in [3.05, 3.63) is 33.8 Å². The Kier molecular flexibility index (Phi) is 3.14. The predicted octanol–water partition coefficient (Wildman–Crippen LogP) is 3.09. The van der Waals surface area contributed by atoms with Gasteiger partial charge in [-0.2, -0.15) is 13.2 Å². The molecule has 1 aromatic rings. The van der Waals surface area contributed by atoms with Gasteiger partial charge < -0.3 is 10.4 Å². The van der Waals surface area contributed by atoms with Crippen LogP contribution in [-0.4, -0.2) is 17.2 Å². The molecule has 1 unspecified atom stereocenters. The number of amides is 1. The third-order valence-corrected chi connectivity index (χ3v) is 3.08. The lowest BCUT2D eigenvalue weighted by Crippen LogP contribution is -2.34. The quantitative estimate of drug-likeness (QED) is 0.830. The van der Waals surface area contributed by atoms with Crippen molar-refractivity contribution >= 4 is 17.7 Å². The van der Waals surface area contributed by atoms with Gasteiger partial charge in [-0.15, -0.1) is 0 Å². The molecule has 0 fully saturated rings. The van der Waals surface area contributed by atoms with Gasteiger partial charge in [0, 0.05) is 11.1 Å². The van der Waals surface area contributed by atoms with E-state index in [4.69, 9.17) is 16.7 Å². The summed E-state index contributed by atoms with van der Waals surface area (Å²) in [7, 11) is 0. The van der Waals surface area contributed by atoms with Crippen LogP contribution in [0, 0.1) is 0 Å². The predicted molar refractivity (Wildman–Crippen MR) is 58.8 cm³/mol. The average molecular weight is 280 g/mol. The summed E-state index contributed by atoms with van der Waals surface area (Å²) < 4.78 is 38.5. The van der Waals surface area contributed by atoms with Gasteiger partial charge in [-0.05, 0) is 36.1 Å². The monoisotopic (exact) mass is 279 g/mol. The first-order chi connectivity index (χ1) is 8.27. The van der Waals surface area contributed by atoms with E-state index in [0.29, 0.717) is 5.56 Å². The van der Waals surface area contributed by atoms with Gasteiger partial charge in [0.05, 0.1) is 5.56 Å². The molecule has 98 valence electrons. The summed E-state index contributed by atoms with van der Waals surface area (Å²) in [4.78, 5) is 10.5. The lowest BCUT2D eigenvalue weighted by Gasteiger charge is -2.12. The van der Waals surface area contributed by atoms with Crippen molar-refractivity contribution in [2.45, 2.75) is 25.1 Å². The molecule has 0 aromatic heterocycles. The topological polar surface area (TPSA) is 49.3 Å². The summed E-state index contributed by atoms with van der Waals surface area (Å²) in [6, 6.07) is 1.80. The number of rotatable bonds is 1. The van der Waals surface area contributed by atoms with Crippen LogP contribution in [0.3, 0.4) is 0 Å². The fraction of sp³-hybridized carbons (Fsp3) is 0.364. The van der Waals surface area contributed by atoms with Gasteiger partial charge in [0.2, 0.25) is 0 Å². The maximum atomic E-state index is 12.8. The van der Waals surface area contributed by atoms with E-state index in [-0.39, 0.29) is 23.4 Å². The normalized spacial score (nSPS) is 18.6. The molecule has 1 aliphatic carbocycles. The Morgan fingerprint density at radius 2 is 2.06 bits per heavy atom. The Bertz CT molecular complexity index is 502. The molecule has 1 amide bonds. The van der Waals surface area contributed by atoms with Crippen molar-refractivity contribution in [2.75, 3.05) is 0 Å². The van der Waals surface area contributed by atoms with E-state index < -0.39 is 23.9 Å². The minimum atomic E-state index is -4.48. The van der Waals surface area contributed by atoms with E-state index in [1.165, 1.54) is 6.07 Å². The second kappa shape index (κ2) is 4.35. The second-order valence-electron chi connectivity index (χ2n) is 4.14. The molecule has 2 rings (SSSR count). The molecule has 1 atom stereocenters. The van der Waals surface area contributed by atoms with Crippen LogP contribution in [0.4, 0.5) is 18.0 Å². The molecule has 2 N–H and O–H groups in total. The Morgan fingerprint density at radius 1 is 1.39 bits per heavy atom. The van der Waals surface area contributed by atoms with Crippen LogP contribution in [0.2, 0.25) is 5.02 Å². The van der Waals surface area contributed by atoms with Gasteiger partial charge in [-0.25, -0.2) is 4.79 Å². The largest absolute Gasteiger partial charge is 0.465 e. The van der Waals surface area contributed by atoms with Gasteiger partial charge in [0.1, 0.15) is 0 Å². The summed E-state index contributed by atoms with van der Waals surface area (Å²) in [5.41, 5.74) is -0.195. The molecule has 3 nitrogen and oxygen atoms in total. The summed E-state index contributed by atoms with van der Waals surface area (Å²) >= 11 is 5.65. The lowest BCUT2D eigenvalue weighted by atomic mass is 10.0. The van der Waals surface area contributed by atoms with Gasteiger partial charge in [-0.3, -0.25) is 0 Å². The third kappa shape index (κ3) is 2.53. The van der Waals surface area contributed by atoms with Gasteiger partial charge in [0.15, 0.2) is 0 Å². The first-order valence-corrected chi connectivity index (χ1v) is 5.53. The molecule has 0 saturated heterocycles. The Balaban J connectivity index is 2.37. The SMILES string of the molecule is O=C(O)NC1Cc2cc(Cl)cc(C(F)(F)F)c2C1. The molecular formula is C11H9ClF3NO2. The fourth-order valence-electron chi connectivity index (χ4n) is 2.23. The molecule has 18 heavy (non-hydrogen) atoms. The van der Waals surface area contributed by atoms with Gasteiger partial charge in [-0.1, -0.05) is 11.6 Å². The van der Waals surface area contributed by atoms with E-state index in [2.05, 4.69) is 5.32 Å². The maximum Gasteiger partial charge on any atom is 0.416 e. The molecule has 0 bridgehead atoms. The Labute approximate surface area is 106 Å². The van der Waals surface area contributed by atoms with Crippen LogP contribution in [-0.2, 0) is 19.0 Å². The van der Waals surface area contributed by atoms with E-state index in [0.717, 1.165) is 6.07 Å². The van der Waals surface area contributed by atoms with Crippen molar-refractivity contribution in [3.63, 3.8) is 0 Å². The number of hydrogen-bond donors (Lipinski definition) is 2. The fourth-order valence-corrected chi connectivity index (χ4v) is 2.47. The number of carboxylic acid groups (broad SMARTS) is 1. The molecular weight excluding hydrogens is 271 g/mol. The molecule has 1 aromatic carbocycles. The summed E-state index contributed by atoms with van der Waals surface area (Å²) in [5.74, 6) is 0. The Hall–Kier alpha value is -1.43. The number of hydrogen-bond acceptors (Lipinski definition) is 1. The molecule has 0 spiro atoms. The number of fused-ring (bicyclic) bond motifs is 1. The van der Waals surface area contributed by atoms with Crippen LogP contribution in [0.1, 0.15) is 16.7 Å². The molecule has 7 heteroatoms. The minimum absolute atomic E-state index is 0.0112. The zero-order valence-electron chi connectivity index (χ0n) is 9.01. The summed E-state index contributed by atoms with van der Waals surface area (Å²) in [6.45, 7) is 0. The maximum absolute atomic E-state index is 12.8. The standard InChI is InChI=1S/C11H9ClF3NO2/c12-6-1-5-2-7(16-10(17)18)4-8(5)9(3-6)11(13,14)15/h1,3,7,16H,2,4H2,(H,17,18). The van der Waals surface area contributed by atoms with Crippen LogP contribution >= 0.6 is 11.6 Å². The lowest BCUT2D eigenvalue weighted by molar-refractivity contribution is -0.138. The number of alkyl halides is 3. The zero-order valence-corrected chi connectivity index (χ0v) is 9.77. The highest BCUT2D eigenvalue weighted by Crippen LogP contribution is 2.38. The summed E-state index contributed by atoms with van der Waals surface area (Å²) in [5, 5.41) is 10.8.